The number of nitro groups is 2. The first-order valence-electron chi connectivity index (χ1n) is 6.70. The van der Waals surface area contributed by atoms with Crippen molar-refractivity contribution in [2.45, 2.75) is 13.8 Å². The quantitative estimate of drug-likeness (QED) is 0.594. The van der Waals surface area contributed by atoms with Gasteiger partial charge in [-0.3, -0.25) is 20.2 Å². The molecule has 134 valence electrons. The van der Waals surface area contributed by atoms with Crippen molar-refractivity contribution in [2.24, 2.45) is 0 Å². The highest BCUT2D eigenvalue weighted by atomic mass is 35.5. The summed E-state index contributed by atoms with van der Waals surface area (Å²) in [5.41, 5.74) is 0.882. The van der Waals surface area contributed by atoms with Gasteiger partial charge in [-0.2, -0.15) is 0 Å². The molecule has 8 nitrogen and oxygen atoms in total. The van der Waals surface area contributed by atoms with Crippen molar-refractivity contribution in [1.82, 2.24) is 0 Å². The number of nitro benzene ring substituents is 2. The van der Waals surface area contributed by atoms with Gasteiger partial charge in [0.15, 0.2) is 11.5 Å². The van der Waals surface area contributed by atoms with Gasteiger partial charge in [0.1, 0.15) is 0 Å². The minimum atomic E-state index is -0.680. The van der Waals surface area contributed by atoms with E-state index in [4.69, 9.17) is 33.0 Å². The van der Waals surface area contributed by atoms with Crippen LogP contribution < -0.4 is 4.74 Å². The number of phenols is 1. The summed E-state index contributed by atoms with van der Waals surface area (Å²) in [5, 5.41) is 30.5. The van der Waals surface area contributed by atoms with Crippen LogP contribution in [0.5, 0.6) is 11.5 Å². The minimum absolute atomic E-state index is 0.113. The number of aromatic hydroxyl groups is 1. The molecule has 2 rings (SSSR count). The zero-order valence-corrected chi connectivity index (χ0v) is 15.0. The fourth-order valence-corrected chi connectivity index (χ4v) is 2.07. The molecule has 2 aromatic rings. The molecule has 0 amide bonds. The summed E-state index contributed by atoms with van der Waals surface area (Å²) in [7, 11) is 1.38. The zero-order valence-electron chi connectivity index (χ0n) is 13.4. The second-order valence-corrected chi connectivity index (χ2v) is 5.69. The normalized spacial score (nSPS) is 9.80. The number of benzene rings is 2. The van der Waals surface area contributed by atoms with E-state index in [2.05, 4.69) is 0 Å². The lowest BCUT2D eigenvalue weighted by Gasteiger charge is -2.03. The number of hydrogen-bond acceptors (Lipinski definition) is 6. The fourth-order valence-electron chi connectivity index (χ4n) is 1.75. The third-order valence-electron chi connectivity index (χ3n) is 3.11. The molecular weight excluding hydrogens is 375 g/mol. The highest BCUT2D eigenvalue weighted by molar-refractivity contribution is 6.31. The second kappa shape index (κ2) is 8.50. The van der Waals surface area contributed by atoms with Gasteiger partial charge < -0.3 is 9.84 Å². The molecule has 0 fully saturated rings. The highest BCUT2D eigenvalue weighted by Gasteiger charge is 2.16. The van der Waals surface area contributed by atoms with E-state index < -0.39 is 9.85 Å². The van der Waals surface area contributed by atoms with Gasteiger partial charge in [-0.25, -0.2) is 0 Å². The summed E-state index contributed by atoms with van der Waals surface area (Å²) < 4.78 is 4.84. The maximum atomic E-state index is 10.5. The van der Waals surface area contributed by atoms with Crippen LogP contribution >= 0.6 is 23.2 Å². The van der Waals surface area contributed by atoms with E-state index in [0.29, 0.717) is 10.6 Å². The van der Waals surface area contributed by atoms with Gasteiger partial charge in [0.2, 0.25) is 0 Å². The van der Waals surface area contributed by atoms with E-state index in [1.165, 1.54) is 19.2 Å². The van der Waals surface area contributed by atoms with Crippen LogP contribution in [-0.4, -0.2) is 22.1 Å². The average Bonchev–Trinajstić information content (AvgIpc) is 2.53. The predicted octanol–water partition coefficient (Wildman–Crippen LogP) is 4.83. The molecule has 0 atom stereocenters. The number of methoxy groups -OCH3 is 1. The van der Waals surface area contributed by atoms with Gasteiger partial charge in [-0.15, -0.1) is 0 Å². The number of ether oxygens (including phenoxy) is 1. The predicted molar refractivity (Wildman–Crippen MR) is 93.9 cm³/mol. The standard InChI is InChI=1S/C8H8ClNO3.C7H6ClNO3/c1-5-3-8(13-2)7(10(11)12)4-6(5)9;1-4-2-7(10)6(9(11)12)3-5(4)8/h3-4H,1-2H3;2-3,10H,1H3. The van der Waals surface area contributed by atoms with Gasteiger partial charge in [0.25, 0.3) is 0 Å². The molecule has 0 saturated heterocycles. The third kappa shape index (κ3) is 5.20. The Bertz CT molecular complexity index is 826. The van der Waals surface area contributed by atoms with Crippen molar-refractivity contribution >= 4 is 34.6 Å². The molecule has 0 aliphatic carbocycles. The number of aryl methyl sites for hydroxylation is 2. The van der Waals surface area contributed by atoms with Crippen molar-refractivity contribution in [1.29, 1.82) is 0 Å². The van der Waals surface area contributed by atoms with Crippen LogP contribution in [0.1, 0.15) is 11.1 Å². The summed E-state index contributed by atoms with van der Waals surface area (Å²) in [5.74, 6) is -0.131. The first-order valence-corrected chi connectivity index (χ1v) is 7.46. The van der Waals surface area contributed by atoms with E-state index in [0.717, 1.165) is 11.6 Å². The Morgan fingerprint density at radius 3 is 1.80 bits per heavy atom. The van der Waals surface area contributed by atoms with Gasteiger partial charge in [0.05, 0.1) is 27.0 Å². The Morgan fingerprint density at radius 2 is 1.36 bits per heavy atom. The SMILES string of the molecule is COc1cc(C)c(Cl)cc1[N+](=O)[O-].Cc1cc(O)c([N+](=O)[O-])cc1Cl. The Balaban J connectivity index is 0.000000251. The largest absolute Gasteiger partial charge is 0.502 e. The summed E-state index contributed by atoms with van der Waals surface area (Å²) in [6, 6.07) is 5.23. The molecule has 0 radical (unpaired) electrons. The van der Waals surface area contributed by atoms with Gasteiger partial charge >= 0.3 is 11.4 Å². The van der Waals surface area contributed by atoms with Crippen LogP contribution in [0, 0.1) is 34.1 Å². The molecule has 0 aromatic heterocycles. The molecule has 1 N–H and O–H groups in total. The maximum Gasteiger partial charge on any atom is 0.312 e. The van der Waals surface area contributed by atoms with Crippen molar-refractivity contribution in [3.05, 3.63) is 65.7 Å². The Morgan fingerprint density at radius 1 is 0.920 bits per heavy atom. The molecule has 0 saturated carbocycles. The molecule has 0 spiro atoms. The number of halogens is 2. The first-order chi connectivity index (χ1) is 11.6. The van der Waals surface area contributed by atoms with Crippen molar-refractivity contribution in [2.75, 3.05) is 7.11 Å². The maximum absolute atomic E-state index is 10.5. The van der Waals surface area contributed by atoms with Crippen molar-refractivity contribution in [3.8, 4) is 11.5 Å². The van der Waals surface area contributed by atoms with E-state index in [1.807, 2.05) is 0 Å². The van der Waals surface area contributed by atoms with E-state index in [9.17, 15) is 20.2 Å². The molecule has 25 heavy (non-hydrogen) atoms. The third-order valence-corrected chi connectivity index (χ3v) is 3.92. The molecular formula is C15H14Cl2N2O6. The first kappa shape index (κ1) is 20.5. The molecule has 0 heterocycles. The summed E-state index contributed by atoms with van der Waals surface area (Å²) >= 11 is 11.3. The summed E-state index contributed by atoms with van der Waals surface area (Å²) in [4.78, 5) is 19.6. The highest BCUT2D eigenvalue weighted by Crippen LogP contribution is 2.32. The van der Waals surface area contributed by atoms with Crippen LogP contribution in [0.15, 0.2) is 24.3 Å². The summed E-state index contributed by atoms with van der Waals surface area (Å²) in [6.45, 7) is 3.42. The van der Waals surface area contributed by atoms with Crippen LogP contribution in [0.2, 0.25) is 10.0 Å². The van der Waals surface area contributed by atoms with E-state index in [1.54, 1.807) is 19.9 Å². The molecule has 0 unspecified atom stereocenters. The smallest absolute Gasteiger partial charge is 0.312 e. The molecule has 0 bridgehead atoms. The Labute approximate surface area is 152 Å². The average molecular weight is 389 g/mol. The van der Waals surface area contributed by atoms with Crippen LogP contribution in [0.3, 0.4) is 0 Å². The molecule has 10 heteroatoms. The molecule has 0 aliphatic rings. The second-order valence-electron chi connectivity index (χ2n) is 4.88. The fraction of sp³-hybridized carbons (Fsp3) is 0.200. The lowest BCUT2D eigenvalue weighted by molar-refractivity contribution is -0.386. The topological polar surface area (TPSA) is 116 Å². The monoisotopic (exact) mass is 388 g/mol. The van der Waals surface area contributed by atoms with Crippen molar-refractivity contribution in [3.63, 3.8) is 0 Å². The van der Waals surface area contributed by atoms with Gasteiger partial charge in [-0.1, -0.05) is 23.2 Å². The van der Waals surface area contributed by atoms with E-state index >= 15 is 0 Å². The Hall–Kier alpha value is -2.58. The number of phenolic OH excluding ortho intramolecular Hbond substituents is 1. The Kier molecular flexibility index (Phi) is 6.96. The molecule has 2 aromatic carbocycles. The van der Waals surface area contributed by atoms with Crippen LogP contribution in [0.4, 0.5) is 11.4 Å². The minimum Gasteiger partial charge on any atom is -0.502 e. The van der Waals surface area contributed by atoms with Crippen LogP contribution in [0.25, 0.3) is 0 Å². The van der Waals surface area contributed by atoms with Crippen molar-refractivity contribution < 1.29 is 19.7 Å². The van der Waals surface area contributed by atoms with Gasteiger partial charge in [-0.05, 0) is 37.1 Å². The number of rotatable bonds is 3. The van der Waals surface area contributed by atoms with Crippen LogP contribution in [-0.2, 0) is 0 Å². The molecule has 0 aliphatic heterocycles. The lowest BCUT2D eigenvalue weighted by atomic mass is 10.2. The zero-order chi connectivity index (χ0) is 19.3. The van der Waals surface area contributed by atoms with Gasteiger partial charge in [0, 0.05) is 12.1 Å². The number of hydrogen-bond donors (Lipinski definition) is 1. The lowest BCUT2D eigenvalue weighted by Crippen LogP contribution is -1.94. The van der Waals surface area contributed by atoms with E-state index in [-0.39, 0.29) is 27.9 Å². The number of nitrogens with zero attached hydrogens (tertiary/aromatic N) is 2. The summed E-state index contributed by atoms with van der Waals surface area (Å²) in [6.07, 6.45) is 0.